The van der Waals surface area contributed by atoms with Crippen molar-refractivity contribution in [3.63, 3.8) is 0 Å². The van der Waals surface area contributed by atoms with Gasteiger partial charge in [-0.1, -0.05) is 31.2 Å². The Morgan fingerprint density at radius 2 is 2.15 bits per heavy atom. The van der Waals surface area contributed by atoms with Crippen LogP contribution in [0.4, 0.5) is 0 Å². The number of rotatable bonds is 6. The van der Waals surface area contributed by atoms with E-state index in [9.17, 15) is 4.79 Å². The highest BCUT2D eigenvalue weighted by Gasteiger charge is 2.15. The van der Waals surface area contributed by atoms with E-state index in [0.29, 0.717) is 28.5 Å². The molecule has 5 nitrogen and oxygen atoms in total. The lowest BCUT2D eigenvalue weighted by Gasteiger charge is -2.16. The molecule has 0 amide bonds. The van der Waals surface area contributed by atoms with Crippen molar-refractivity contribution in [2.45, 2.75) is 32.4 Å². The summed E-state index contributed by atoms with van der Waals surface area (Å²) in [5.41, 5.74) is 1.79. The lowest BCUT2D eigenvalue weighted by Crippen LogP contribution is -2.22. The normalized spacial score (nSPS) is 12.0. The standard InChI is InChI=1S/C13H18ClN3O2Si/c1-20(2,3)5-4-19-9-17-10(7-18)6-11-12(17)13(14)16-8-15-11/h6-8H,4-5,9H2,1-3H3. The molecule has 0 saturated carbocycles. The van der Waals surface area contributed by atoms with Crippen molar-refractivity contribution < 1.29 is 9.53 Å². The van der Waals surface area contributed by atoms with Crippen LogP contribution in [0.3, 0.4) is 0 Å². The van der Waals surface area contributed by atoms with Crippen molar-refractivity contribution in [2.24, 2.45) is 0 Å². The first-order valence-corrected chi connectivity index (χ1v) is 10.5. The zero-order valence-corrected chi connectivity index (χ0v) is 13.6. The molecule has 0 spiro atoms. The Hall–Kier alpha value is -1.24. The second-order valence-corrected chi connectivity index (χ2v) is 11.8. The molecule has 0 fully saturated rings. The third-order valence-electron chi connectivity index (χ3n) is 3.01. The predicted molar refractivity (Wildman–Crippen MR) is 82.0 cm³/mol. The molecule has 2 aromatic heterocycles. The molecule has 0 radical (unpaired) electrons. The molecule has 0 bridgehead atoms. The Kier molecular flexibility index (Phi) is 4.57. The summed E-state index contributed by atoms with van der Waals surface area (Å²) >= 11 is 6.08. The van der Waals surface area contributed by atoms with Crippen LogP contribution in [0.15, 0.2) is 12.4 Å². The number of carbonyl (C=O) groups excluding carboxylic acids is 1. The molecule has 2 rings (SSSR count). The summed E-state index contributed by atoms with van der Waals surface area (Å²) < 4.78 is 7.40. The van der Waals surface area contributed by atoms with E-state index in [1.165, 1.54) is 6.33 Å². The van der Waals surface area contributed by atoms with Crippen LogP contribution in [-0.2, 0) is 11.5 Å². The molecule has 0 saturated heterocycles. The van der Waals surface area contributed by atoms with E-state index in [4.69, 9.17) is 16.3 Å². The predicted octanol–water partition coefficient (Wildman–Crippen LogP) is 3.21. The van der Waals surface area contributed by atoms with E-state index in [0.717, 1.165) is 12.3 Å². The van der Waals surface area contributed by atoms with E-state index in [2.05, 4.69) is 29.6 Å². The number of halogens is 1. The van der Waals surface area contributed by atoms with E-state index < -0.39 is 8.07 Å². The maximum atomic E-state index is 11.1. The van der Waals surface area contributed by atoms with Gasteiger partial charge >= 0.3 is 0 Å². The molecule has 7 heteroatoms. The quantitative estimate of drug-likeness (QED) is 0.356. The Bertz CT molecular complexity index is 622. The van der Waals surface area contributed by atoms with Crippen LogP contribution in [0.25, 0.3) is 11.0 Å². The van der Waals surface area contributed by atoms with Crippen molar-refractivity contribution in [3.8, 4) is 0 Å². The summed E-state index contributed by atoms with van der Waals surface area (Å²) in [6.45, 7) is 7.85. The van der Waals surface area contributed by atoms with Gasteiger partial charge in [-0.3, -0.25) is 4.79 Å². The van der Waals surface area contributed by atoms with Gasteiger partial charge in [-0.15, -0.1) is 0 Å². The summed E-state index contributed by atoms with van der Waals surface area (Å²) in [4.78, 5) is 19.2. The average molecular weight is 312 g/mol. The second-order valence-electron chi connectivity index (χ2n) is 5.86. The van der Waals surface area contributed by atoms with Gasteiger partial charge in [-0.25, -0.2) is 9.97 Å². The van der Waals surface area contributed by atoms with Gasteiger partial charge in [0.15, 0.2) is 11.4 Å². The molecule has 2 heterocycles. The molecular formula is C13H18ClN3O2Si. The lowest BCUT2D eigenvalue weighted by molar-refractivity contribution is 0.0863. The maximum Gasteiger partial charge on any atom is 0.166 e. The monoisotopic (exact) mass is 311 g/mol. The number of ether oxygens (including phenoxy) is 1. The molecule has 0 unspecified atom stereocenters. The minimum absolute atomic E-state index is 0.287. The highest BCUT2D eigenvalue weighted by Crippen LogP contribution is 2.23. The Morgan fingerprint density at radius 3 is 2.80 bits per heavy atom. The number of hydrogen-bond donors (Lipinski definition) is 0. The SMILES string of the molecule is C[Si](C)(C)CCOCn1c(C=O)cc2ncnc(Cl)c21. The van der Waals surface area contributed by atoms with Crippen LogP contribution in [0.5, 0.6) is 0 Å². The minimum atomic E-state index is -1.12. The summed E-state index contributed by atoms with van der Waals surface area (Å²) in [6.07, 6.45) is 2.16. The van der Waals surface area contributed by atoms with Crippen molar-refractivity contribution in [1.82, 2.24) is 14.5 Å². The van der Waals surface area contributed by atoms with Gasteiger partial charge in [0.05, 0.1) is 11.2 Å². The Morgan fingerprint density at radius 1 is 1.40 bits per heavy atom. The van der Waals surface area contributed by atoms with Crippen molar-refractivity contribution >= 4 is 37.0 Å². The maximum absolute atomic E-state index is 11.1. The van der Waals surface area contributed by atoms with E-state index in [1.54, 1.807) is 10.6 Å². The van der Waals surface area contributed by atoms with Gasteiger partial charge in [-0.2, -0.15) is 0 Å². The molecule has 108 valence electrons. The smallest absolute Gasteiger partial charge is 0.166 e. The zero-order chi connectivity index (χ0) is 14.8. The van der Waals surface area contributed by atoms with Gasteiger partial charge in [-0.05, 0) is 12.1 Å². The van der Waals surface area contributed by atoms with Crippen molar-refractivity contribution in [3.05, 3.63) is 23.2 Å². The Labute approximate surface area is 123 Å². The number of aromatic nitrogens is 3. The van der Waals surface area contributed by atoms with Crippen LogP contribution in [0.1, 0.15) is 10.5 Å². The van der Waals surface area contributed by atoms with Crippen LogP contribution in [0, 0.1) is 0 Å². The topological polar surface area (TPSA) is 57.0 Å². The van der Waals surface area contributed by atoms with Gasteiger partial charge in [0.25, 0.3) is 0 Å². The van der Waals surface area contributed by atoms with Crippen molar-refractivity contribution in [1.29, 1.82) is 0 Å². The second kappa shape index (κ2) is 6.03. The molecule has 20 heavy (non-hydrogen) atoms. The highest BCUT2D eigenvalue weighted by atomic mass is 35.5. The van der Waals surface area contributed by atoms with Gasteiger partial charge in [0.2, 0.25) is 0 Å². The van der Waals surface area contributed by atoms with Gasteiger partial charge in [0.1, 0.15) is 18.6 Å². The first-order chi connectivity index (χ1) is 9.42. The fourth-order valence-corrected chi connectivity index (χ4v) is 2.84. The number of hydrogen-bond acceptors (Lipinski definition) is 4. The van der Waals surface area contributed by atoms with E-state index in [-0.39, 0.29) is 6.73 Å². The fourth-order valence-electron chi connectivity index (χ4n) is 1.84. The molecular weight excluding hydrogens is 294 g/mol. The molecule has 0 aliphatic rings. The van der Waals surface area contributed by atoms with Gasteiger partial charge < -0.3 is 9.30 Å². The summed E-state index contributed by atoms with van der Waals surface area (Å²) in [5.74, 6) is 0. The van der Waals surface area contributed by atoms with Gasteiger partial charge in [0, 0.05) is 14.7 Å². The minimum Gasteiger partial charge on any atom is -0.361 e. The number of fused-ring (bicyclic) bond motifs is 1. The van der Waals surface area contributed by atoms with E-state index >= 15 is 0 Å². The largest absolute Gasteiger partial charge is 0.361 e. The molecule has 2 aromatic rings. The summed E-state index contributed by atoms with van der Waals surface area (Å²) in [7, 11) is -1.12. The highest BCUT2D eigenvalue weighted by molar-refractivity contribution is 6.76. The first kappa shape index (κ1) is 15.2. The van der Waals surface area contributed by atoms with Crippen LogP contribution >= 0.6 is 11.6 Å². The summed E-state index contributed by atoms with van der Waals surface area (Å²) in [5, 5.41) is 0.330. The number of carbonyl (C=O) groups is 1. The van der Waals surface area contributed by atoms with Crippen LogP contribution < -0.4 is 0 Å². The molecule has 0 aliphatic carbocycles. The lowest BCUT2D eigenvalue weighted by atomic mass is 10.4. The average Bonchev–Trinajstić information content (AvgIpc) is 2.73. The number of aldehydes is 1. The first-order valence-electron chi connectivity index (χ1n) is 6.45. The molecule has 0 aromatic carbocycles. The van der Waals surface area contributed by atoms with Crippen LogP contribution in [0.2, 0.25) is 30.8 Å². The Balaban J connectivity index is 2.18. The molecule has 0 atom stereocenters. The third-order valence-corrected chi connectivity index (χ3v) is 4.99. The fraction of sp³-hybridized carbons (Fsp3) is 0.462. The molecule has 0 N–H and O–H groups in total. The summed E-state index contributed by atoms with van der Waals surface area (Å²) in [6, 6.07) is 2.77. The van der Waals surface area contributed by atoms with Crippen LogP contribution in [-0.4, -0.2) is 35.5 Å². The number of nitrogens with zero attached hydrogens (tertiary/aromatic N) is 3. The van der Waals surface area contributed by atoms with E-state index in [1.807, 2.05) is 0 Å². The van der Waals surface area contributed by atoms with Crippen molar-refractivity contribution in [2.75, 3.05) is 6.61 Å². The molecule has 0 aliphatic heterocycles. The zero-order valence-electron chi connectivity index (χ0n) is 11.9. The third kappa shape index (κ3) is 3.44.